The van der Waals surface area contributed by atoms with Crippen LogP contribution in [0.3, 0.4) is 0 Å². The minimum absolute atomic E-state index is 0.215. The Bertz CT molecular complexity index is 652. The van der Waals surface area contributed by atoms with Crippen LogP contribution in [0.2, 0.25) is 0 Å². The van der Waals surface area contributed by atoms with Gasteiger partial charge in [-0.2, -0.15) is 0 Å². The summed E-state index contributed by atoms with van der Waals surface area (Å²) in [5.41, 5.74) is 6.89. The molecule has 0 atom stereocenters. The van der Waals surface area contributed by atoms with Gasteiger partial charge in [-0.25, -0.2) is 8.42 Å². The van der Waals surface area contributed by atoms with Crippen LogP contribution >= 0.6 is 15.9 Å². The highest BCUT2D eigenvalue weighted by molar-refractivity contribution is 9.10. The molecule has 19 heavy (non-hydrogen) atoms. The number of hydrogen-bond donors (Lipinski definition) is 2. The fourth-order valence-electron chi connectivity index (χ4n) is 1.54. The lowest BCUT2D eigenvalue weighted by molar-refractivity contribution is 0.601. The predicted molar refractivity (Wildman–Crippen MR) is 79.3 cm³/mol. The molecule has 0 aliphatic heterocycles. The Balaban J connectivity index is 2.24. The molecule has 0 heterocycles. The third-order valence-electron chi connectivity index (χ3n) is 2.57. The maximum absolute atomic E-state index is 12.1. The molecule has 0 saturated carbocycles. The molecule has 100 valence electrons. The van der Waals surface area contributed by atoms with Crippen molar-refractivity contribution < 1.29 is 8.42 Å². The molecule has 0 unspecified atom stereocenters. The molecular weight excluding hydrogens is 328 g/mol. The third-order valence-corrected chi connectivity index (χ3v) is 4.49. The smallest absolute Gasteiger partial charge is 0.261 e. The van der Waals surface area contributed by atoms with Crippen molar-refractivity contribution in [2.24, 2.45) is 5.73 Å². The van der Waals surface area contributed by atoms with E-state index in [9.17, 15) is 8.42 Å². The van der Waals surface area contributed by atoms with Crippen LogP contribution in [0.4, 0.5) is 5.69 Å². The highest BCUT2D eigenvalue weighted by Crippen LogP contribution is 2.18. The molecule has 0 fully saturated rings. The molecule has 0 radical (unpaired) electrons. The van der Waals surface area contributed by atoms with E-state index in [0.717, 1.165) is 10.0 Å². The fraction of sp³-hybridized carbons (Fsp3) is 0.0769. The SMILES string of the molecule is NCc1ccc(S(=O)(=O)Nc2ccc(Br)cc2)cc1. The van der Waals surface area contributed by atoms with Gasteiger partial charge >= 0.3 is 0 Å². The van der Waals surface area contributed by atoms with Gasteiger partial charge in [-0.05, 0) is 42.0 Å². The summed E-state index contributed by atoms with van der Waals surface area (Å²) in [5, 5.41) is 0. The molecule has 0 aromatic heterocycles. The largest absolute Gasteiger partial charge is 0.326 e. The van der Waals surface area contributed by atoms with Crippen LogP contribution in [-0.4, -0.2) is 8.42 Å². The maximum atomic E-state index is 12.1. The summed E-state index contributed by atoms with van der Waals surface area (Å²) in [6.45, 7) is 0.389. The van der Waals surface area contributed by atoms with E-state index >= 15 is 0 Å². The predicted octanol–water partition coefficient (Wildman–Crippen LogP) is 2.71. The van der Waals surface area contributed by atoms with Gasteiger partial charge in [-0.1, -0.05) is 28.1 Å². The Morgan fingerprint density at radius 2 is 1.58 bits per heavy atom. The van der Waals surface area contributed by atoms with Crippen molar-refractivity contribution in [1.82, 2.24) is 0 Å². The zero-order valence-electron chi connectivity index (χ0n) is 10.0. The van der Waals surface area contributed by atoms with Gasteiger partial charge in [0.15, 0.2) is 0 Å². The van der Waals surface area contributed by atoms with E-state index in [1.165, 1.54) is 0 Å². The highest BCUT2D eigenvalue weighted by Gasteiger charge is 2.13. The van der Waals surface area contributed by atoms with Crippen molar-refractivity contribution in [2.75, 3.05) is 4.72 Å². The first-order valence-corrected chi connectivity index (χ1v) is 7.86. The van der Waals surface area contributed by atoms with Gasteiger partial charge in [0.25, 0.3) is 10.0 Å². The molecule has 0 aliphatic rings. The average molecular weight is 341 g/mol. The van der Waals surface area contributed by atoms with Crippen LogP contribution in [-0.2, 0) is 16.6 Å². The van der Waals surface area contributed by atoms with Crippen molar-refractivity contribution in [3.63, 3.8) is 0 Å². The first-order valence-electron chi connectivity index (χ1n) is 5.59. The molecular formula is C13H13BrN2O2S. The van der Waals surface area contributed by atoms with Gasteiger partial charge in [0.2, 0.25) is 0 Å². The molecule has 2 aromatic carbocycles. The van der Waals surface area contributed by atoms with Crippen molar-refractivity contribution in [3.05, 3.63) is 58.6 Å². The molecule has 3 N–H and O–H groups in total. The molecule has 2 rings (SSSR count). The maximum Gasteiger partial charge on any atom is 0.261 e. The summed E-state index contributed by atoms with van der Waals surface area (Å²) in [6, 6.07) is 13.4. The summed E-state index contributed by atoms with van der Waals surface area (Å²) >= 11 is 3.30. The molecule has 0 spiro atoms. The van der Waals surface area contributed by atoms with E-state index in [1.807, 2.05) is 0 Å². The molecule has 4 nitrogen and oxygen atoms in total. The van der Waals surface area contributed by atoms with E-state index in [1.54, 1.807) is 48.5 Å². The third kappa shape index (κ3) is 3.56. The summed E-state index contributed by atoms with van der Waals surface area (Å²) < 4.78 is 27.7. The zero-order valence-corrected chi connectivity index (χ0v) is 12.4. The standard InChI is InChI=1S/C13H13BrN2O2S/c14-11-3-5-12(6-4-11)16-19(17,18)13-7-1-10(9-15)2-8-13/h1-8,16H,9,15H2. The van der Waals surface area contributed by atoms with Gasteiger partial charge in [0.05, 0.1) is 4.90 Å². The molecule has 6 heteroatoms. The second-order valence-corrected chi connectivity index (χ2v) is 6.56. The Morgan fingerprint density at radius 1 is 1.00 bits per heavy atom. The molecule has 0 amide bonds. The van der Waals surface area contributed by atoms with Crippen molar-refractivity contribution in [1.29, 1.82) is 0 Å². The van der Waals surface area contributed by atoms with Gasteiger partial charge in [-0.15, -0.1) is 0 Å². The van der Waals surface area contributed by atoms with E-state index in [-0.39, 0.29) is 4.90 Å². The number of halogens is 1. The molecule has 0 aliphatic carbocycles. The number of rotatable bonds is 4. The molecule has 2 aromatic rings. The van der Waals surface area contributed by atoms with Gasteiger partial charge < -0.3 is 5.73 Å². The van der Waals surface area contributed by atoms with Crippen LogP contribution in [0.1, 0.15) is 5.56 Å². The monoisotopic (exact) mass is 340 g/mol. The van der Waals surface area contributed by atoms with Gasteiger partial charge in [-0.3, -0.25) is 4.72 Å². The Hall–Kier alpha value is -1.37. The summed E-state index contributed by atoms with van der Waals surface area (Å²) in [4.78, 5) is 0.215. The fourth-order valence-corrected chi connectivity index (χ4v) is 2.86. The van der Waals surface area contributed by atoms with Crippen LogP contribution < -0.4 is 10.5 Å². The van der Waals surface area contributed by atoms with Crippen LogP contribution in [0.25, 0.3) is 0 Å². The molecule has 0 bridgehead atoms. The van der Waals surface area contributed by atoms with Gasteiger partial charge in [0, 0.05) is 16.7 Å². The van der Waals surface area contributed by atoms with E-state index < -0.39 is 10.0 Å². The van der Waals surface area contributed by atoms with Crippen LogP contribution in [0.5, 0.6) is 0 Å². The number of sulfonamides is 1. The number of benzene rings is 2. The minimum Gasteiger partial charge on any atom is -0.326 e. The lowest BCUT2D eigenvalue weighted by atomic mass is 10.2. The van der Waals surface area contributed by atoms with E-state index in [2.05, 4.69) is 20.7 Å². The zero-order chi connectivity index (χ0) is 13.9. The quantitative estimate of drug-likeness (QED) is 0.898. The molecule has 0 saturated heterocycles. The number of anilines is 1. The van der Waals surface area contributed by atoms with Crippen molar-refractivity contribution in [3.8, 4) is 0 Å². The first kappa shape index (κ1) is 14.0. The number of nitrogens with one attached hydrogen (secondary N) is 1. The summed E-state index contributed by atoms with van der Waals surface area (Å²) in [5.74, 6) is 0. The van der Waals surface area contributed by atoms with E-state index in [4.69, 9.17) is 5.73 Å². The minimum atomic E-state index is -3.56. The first-order chi connectivity index (χ1) is 9.01. The topological polar surface area (TPSA) is 72.2 Å². The summed E-state index contributed by atoms with van der Waals surface area (Å²) in [6.07, 6.45) is 0. The second kappa shape index (κ2) is 5.73. The number of nitrogens with two attached hydrogens (primary N) is 1. The van der Waals surface area contributed by atoms with Gasteiger partial charge in [0.1, 0.15) is 0 Å². The van der Waals surface area contributed by atoms with Crippen LogP contribution in [0.15, 0.2) is 57.9 Å². The highest BCUT2D eigenvalue weighted by atomic mass is 79.9. The number of hydrogen-bond acceptors (Lipinski definition) is 3. The summed E-state index contributed by atoms with van der Waals surface area (Å²) in [7, 11) is -3.56. The van der Waals surface area contributed by atoms with E-state index in [0.29, 0.717) is 12.2 Å². The normalized spacial score (nSPS) is 11.3. The lowest BCUT2D eigenvalue weighted by Crippen LogP contribution is -2.13. The Labute approximate surface area is 120 Å². The Kier molecular flexibility index (Phi) is 4.24. The van der Waals surface area contributed by atoms with Crippen LogP contribution in [0, 0.1) is 0 Å². The van der Waals surface area contributed by atoms with Crippen molar-refractivity contribution >= 4 is 31.6 Å². The second-order valence-electron chi connectivity index (χ2n) is 3.96. The Morgan fingerprint density at radius 3 is 2.11 bits per heavy atom. The lowest BCUT2D eigenvalue weighted by Gasteiger charge is -2.08. The van der Waals surface area contributed by atoms with Crippen molar-refractivity contribution in [2.45, 2.75) is 11.4 Å². The average Bonchev–Trinajstić information content (AvgIpc) is 2.41.